The first kappa shape index (κ1) is 14.5. The van der Waals surface area contributed by atoms with E-state index in [0.717, 1.165) is 5.69 Å². The molecule has 2 rings (SSSR count). The monoisotopic (exact) mass is 277 g/mol. The van der Waals surface area contributed by atoms with Gasteiger partial charge in [0.1, 0.15) is 11.6 Å². The number of aliphatic hydroxyl groups excluding tert-OH is 1. The lowest BCUT2D eigenvalue weighted by Gasteiger charge is -2.21. The number of benzene rings is 2. The highest BCUT2D eigenvalue weighted by Crippen LogP contribution is 2.21. The van der Waals surface area contributed by atoms with Crippen LogP contribution in [0.5, 0.6) is 0 Å². The van der Waals surface area contributed by atoms with Crippen LogP contribution in [0.4, 0.5) is 14.5 Å². The van der Waals surface area contributed by atoms with E-state index in [2.05, 4.69) is 0 Å². The average Bonchev–Trinajstić information content (AvgIpc) is 2.45. The number of hydrogen-bond acceptors (Lipinski definition) is 2. The Bertz CT molecular complexity index is 574. The van der Waals surface area contributed by atoms with Gasteiger partial charge in [0.2, 0.25) is 0 Å². The van der Waals surface area contributed by atoms with Crippen molar-refractivity contribution in [2.45, 2.75) is 12.5 Å². The number of rotatable bonds is 5. The maximum absolute atomic E-state index is 13.5. The summed E-state index contributed by atoms with van der Waals surface area (Å²) in [6.07, 6.45) is -0.499. The largest absolute Gasteiger partial charge is 0.388 e. The lowest BCUT2D eigenvalue weighted by molar-refractivity contribution is 0.165. The molecular formula is C16H17F2NO. The predicted octanol–water partition coefficient (Wildman–Crippen LogP) is 3.52. The molecule has 1 unspecified atom stereocenters. The summed E-state index contributed by atoms with van der Waals surface area (Å²) in [5.74, 6) is -0.711. The van der Waals surface area contributed by atoms with Gasteiger partial charge in [-0.25, -0.2) is 8.78 Å². The van der Waals surface area contributed by atoms with Gasteiger partial charge in [0.15, 0.2) is 0 Å². The zero-order chi connectivity index (χ0) is 14.5. The Hall–Kier alpha value is -1.94. The fourth-order valence-corrected chi connectivity index (χ4v) is 2.06. The van der Waals surface area contributed by atoms with Crippen LogP contribution in [0.2, 0.25) is 0 Å². The van der Waals surface area contributed by atoms with Gasteiger partial charge in [0.05, 0.1) is 6.10 Å². The number of nitrogens with zero attached hydrogens (tertiary/aromatic N) is 1. The van der Waals surface area contributed by atoms with E-state index < -0.39 is 11.9 Å². The zero-order valence-electron chi connectivity index (χ0n) is 11.3. The molecule has 0 amide bonds. The first-order chi connectivity index (χ1) is 9.58. The molecule has 0 aromatic heterocycles. The molecule has 0 aliphatic heterocycles. The zero-order valence-corrected chi connectivity index (χ0v) is 11.3. The van der Waals surface area contributed by atoms with Crippen molar-refractivity contribution in [3.05, 3.63) is 65.7 Å². The number of halogens is 2. The molecule has 0 saturated carbocycles. The second-order valence-corrected chi connectivity index (χ2v) is 4.73. The Balaban J connectivity index is 1.97. The van der Waals surface area contributed by atoms with Crippen LogP contribution in [0, 0.1) is 11.6 Å². The lowest BCUT2D eigenvalue weighted by atomic mass is 10.1. The summed E-state index contributed by atoms with van der Waals surface area (Å²) in [5, 5.41) is 10.0. The fourth-order valence-electron chi connectivity index (χ4n) is 2.06. The van der Waals surface area contributed by atoms with Crippen LogP contribution in [0.1, 0.15) is 18.1 Å². The SMILES string of the molecule is CN(CCC(O)c1ccccc1F)c1cccc(F)c1. The van der Waals surface area contributed by atoms with Crippen molar-refractivity contribution >= 4 is 5.69 Å². The van der Waals surface area contributed by atoms with Gasteiger partial charge in [0.25, 0.3) is 0 Å². The Morgan fingerprint density at radius 2 is 1.85 bits per heavy atom. The van der Waals surface area contributed by atoms with Gasteiger partial charge in [-0.3, -0.25) is 0 Å². The molecule has 0 bridgehead atoms. The minimum absolute atomic E-state index is 0.292. The second-order valence-electron chi connectivity index (χ2n) is 4.73. The summed E-state index contributed by atoms with van der Waals surface area (Å²) in [7, 11) is 1.81. The summed E-state index contributed by atoms with van der Waals surface area (Å²) < 4.78 is 26.6. The van der Waals surface area contributed by atoms with Crippen molar-refractivity contribution in [1.29, 1.82) is 0 Å². The van der Waals surface area contributed by atoms with Crippen molar-refractivity contribution in [2.75, 3.05) is 18.5 Å². The van der Waals surface area contributed by atoms with E-state index in [1.165, 1.54) is 18.2 Å². The molecular weight excluding hydrogens is 260 g/mol. The standard InChI is InChI=1S/C16H17F2NO/c1-19(13-6-4-5-12(17)11-13)10-9-16(20)14-7-2-3-8-15(14)18/h2-8,11,16,20H,9-10H2,1H3. The van der Waals surface area contributed by atoms with Crippen molar-refractivity contribution in [2.24, 2.45) is 0 Å². The van der Waals surface area contributed by atoms with E-state index in [1.807, 2.05) is 11.9 Å². The van der Waals surface area contributed by atoms with E-state index in [0.29, 0.717) is 18.5 Å². The molecule has 0 fully saturated rings. The van der Waals surface area contributed by atoms with Gasteiger partial charge in [-0.2, -0.15) is 0 Å². The number of hydrogen-bond donors (Lipinski definition) is 1. The molecule has 1 N–H and O–H groups in total. The third kappa shape index (κ3) is 3.54. The molecule has 2 aromatic rings. The maximum atomic E-state index is 13.5. The normalized spacial score (nSPS) is 12.2. The first-order valence-electron chi connectivity index (χ1n) is 6.47. The summed E-state index contributed by atoms with van der Waals surface area (Å²) >= 11 is 0. The predicted molar refractivity (Wildman–Crippen MR) is 75.6 cm³/mol. The summed E-state index contributed by atoms with van der Waals surface area (Å²) in [5.41, 5.74) is 1.02. The summed E-state index contributed by atoms with van der Waals surface area (Å²) in [6, 6.07) is 12.4. The Kier molecular flexibility index (Phi) is 4.69. The van der Waals surface area contributed by atoms with Crippen LogP contribution in [-0.4, -0.2) is 18.7 Å². The third-order valence-corrected chi connectivity index (χ3v) is 3.25. The number of anilines is 1. The quantitative estimate of drug-likeness (QED) is 0.903. The molecule has 0 saturated heterocycles. The van der Waals surface area contributed by atoms with E-state index in [1.54, 1.807) is 30.3 Å². The van der Waals surface area contributed by atoms with E-state index in [9.17, 15) is 13.9 Å². The molecule has 0 aliphatic carbocycles. The van der Waals surface area contributed by atoms with Crippen LogP contribution in [0.25, 0.3) is 0 Å². The van der Waals surface area contributed by atoms with Crippen LogP contribution < -0.4 is 4.90 Å². The van der Waals surface area contributed by atoms with Gasteiger partial charge >= 0.3 is 0 Å². The topological polar surface area (TPSA) is 23.5 Å². The maximum Gasteiger partial charge on any atom is 0.128 e. The van der Waals surface area contributed by atoms with Crippen molar-refractivity contribution < 1.29 is 13.9 Å². The van der Waals surface area contributed by atoms with Gasteiger partial charge < -0.3 is 10.0 Å². The van der Waals surface area contributed by atoms with E-state index >= 15 is 0 Å². The molecule has 0 radical (unpaired) electrons. The Morgan fingerprint density at radius 1 is 1.10 bits per heavy atom. The van der Waals surface area contributed by atoms with Gasteiger partial charge in [-0.15, -0.1) is 0 Å². The van der Waals surface area contributed by atoms with Crippen LogP contribution in [0.15, 0.2) is 48.5 Å². The minimum Gasteiger partial charge on any atom is -0.388 e. The van der Waals surface area contributed by atoms with E-state index in [4.69, 9.17) is 0 Å². The van der Waals surface area contributed by atoms with Crippen LogP contribution in [0.3, 0.4) is 0 Å². The molecule has 0 heterocycles. The molecule has 20 heavy (non-hydrogen) atoms. The molecule has 2 nitrogen and oxygen atoms in total. The van der Waals surface area contributed by atoms with Gasteiger partial charge in [0, 0.05) is 24.8 Å². The molecule has 0 aliphatic rings. The van der Waals surface area contributed by atoms with Crippen molar-refractivity contribution in [1.82, 2.24) is 0 Å². The number of aliphatic hydroxyl groups is 1. The highest BCUT2D eigenvalue weighted by Gasteiger charge is 2.13. The first-order valence-corrected chi connectivity index (χ1v) is 6.47. The molecule has 4 heteroatoms. The summed E-state index contributed by atoms with van der Waals surface area (Å²) in [6.45, 7) is 0.499. The minimum atomic E-state index is -0.868. The lowest BCUT2D eigenvalue weighted by Crippen LogP contribution is -2.20. The second kappa shape index (κ2) is 6.48. The molecule has 1 atom stereocenters. The fraction of sp³-hybridized carbons (Fsp3) is 0.250. The molecule has 0 spiro atoms. The average molecular weight is 277 g/mol. The van der Waals surface area contributed by atoms with Gasteiger partial charge in [-0.1, -0.05) is 24.3 Å². The highest BCUT2D eigenvalue weighted by atomic mass is 19.1. The Morgan fingerprint density at radius 3 is 2.55 bits per heavy atom. The van der Waals surface area contributed by atoms with Crippen LogP contribution >= 0.6 is 0 Å². The molecule has 2 aromatic carbocycles. The van der Waals surface area contributed by atoms with Gasteiger partial charge in [-0.05, 0) is 30.7 Å². The Labute approximate surface area is 117 Å². The molecule has 106 valence electrons. The van der Waals surface area contributed by atoms with Crippen LogP contribution in [-0.2, 0) is 0 Å². The summed E-state index contributed by atoms with van der Waals surface area (Å²) in [4.78, 5) is 1.83. The van der Waals surface area contributed by atoms with Crippen molar-refractivity contribution in [3.8, 4) is 0 Å². The van der Waals surface area contributed by atoms with E-state index in [-0.39, 0.29) is 5.82 Å². The van der Waals surface area contributed by atoms with Crippen molar-refractivity contribution in [3.63, 3.8) is 0 Å². The smallest absolute Gasteiger partial charge is 0.128 e. The third-order valence-electron chi connectivity index (χ3n) is 3.25. The highest BCUT2D eigenvalue weighted by molar-refractivity contribution is 5.45.